The van der Waals surface area contributed by atoms with Crippen LogP contribution >= 0.6 is 12.2 Å². The van der Waals surface area contributed by atoms with Gasteiger partial charge in [-0.05, 0) is 24.2 Å². The summed E-state index contributed by atoms with van der Waals surface area (Å²) in [6.45, 7) is 2.09. The zero-order valence-corrected chi connectivity index (χ0v) is 7.19. The summed E-state index contributed by atoms with van der Waals surface area (Å²) < 4.78 is 0. The largest absolute Gasteiger partial charge is 0.499 e. The first kappa shape index (κ1) is 8.21. The summed E-state index contributed by atoms with van der Waals surface area (Å²) in [6, 6.07) is 7.61. The smallest absolute Gasteiger partial charge is 0.188 e. The molecule has 0 unspecified atom stereocenters. The molecule has 0 saturated heterocycles. The first-order valence-corrected chi connectivity index (χ1v) is 3.97. The third-order valence-corrected chi connectivity index (χ3v) is 1.84. The average molecular weight is 166 g/mol. The second-order valence-corrected chi connectivity index (χ2v) is 2.74. The van der Waals surface area contributed by atoms with Crippen molar-refractivity contribution >= 4 is 17.3 Å². The molecule has 0 heterocycles. The highest BCUT2D eigenvalue weighted by Gasteiger charge is 1.95. The van der Waals surface area contributed by atoms with Crippen LogP contribution in [0.3, 0.4) is 0 Å². The predicted octanol–water partition coefficient (Wildman–Crippen LogP) is 2.48. The summed E-state index contributed by atoms with van der Waals surface area (Å²) in [5, 5.41) is 8.88. The van der Waals surface area contributed by atoms with Gasteiger partial charge in [0.1, 0.15) is 0 Å². The minimum atomic E-state index is -0.0346. The summed E-state index contributed by atoms with van der Waals surface area (Å²) in [5.41, 5.74) is 1.97. The van der Waals surface area contributed by atoms with E-state index in [0.717, 1.165) is 12.0 Å². The van der Waals surface area contributed by atoms with Crippen molar-refractivity contribution in [1.82, 2.24) is 0 Å². The number of hydrogen-bond donors (Lipinski definition) is 1. The van der Waals surface area contributed by atoms with E-state index in [1.54, 1.807) is 0 Å². The second-order valence-electron chi connectivity index (χ2n) is 2.36. The Labute approximate surface area is 71.7 Å². The lowest BCUT2D eigenvalue weighted by Crippen LogP contribution is -1.93. The molecule has 0 bridgehead atoms. The molecule has 0 aliphatic rings. The van der Waals surface area contributed by atoms with Crippen molar-refractivity contribution in [3.63, 3.8) is 0 Å². The molecule has 0 aliphatic carbocycles. The van der Waals surface area contributed by atoms with Gasteiger partial charge in [0, 0.05) is 5.56 Å². The Morgan fingerprint density at radius 1 is 1.36 bits per heavy atom. The summed E-state index contributed by atoms with van der Waals surface area (Å²) in [6.07, 6.45) is 1.01. The fraction of sp³-hybridized carbons (Fsp3) is 0.222. The maximum Gasteiger partial charge on any atom is 0.188 e. The second kappa shape index (κ2) is 3.49. The number of hydrogen-bond acceptors (Lipinski definition) is 1. The van der Waals surface area contributed by atoms with Crippen LogP contribution in [0.1, 0.15) is 18.1 Å². The van der Waals surface area contributed by atoms with Crippen molar-refractivity contribution in [2.45, 2.75) is 13.3 Å². The van der Waals surface area contributed by atoms with E-state index in [4.69, 9.17) is 5.11 Å². The minimum absolute atomic E-state index is 0.0346. The highest BCUT2D eigenvalue weighted by Crippen LogP contribution is 2.04. The van der Waals surface area contributed by atoms with Crippen LogP contribution in [0.15, 0.2) is 24.3 Å². The Hall–Kier alpha value is -0.890. The topological polar surface area (TPSA) is 20.2 Å². The lowest BCUT2D eigenvalue weighted by Gasteiger charge is -1.97. The van der Waals surface area contributed by atoms with E-state index in [1.807, 2.05) is 24.3 Å². The van der Waals surface area contributed by atoms with Gasteiger partial charge < -0.3 is 5.11 Å². The van der Waals surface area contributed by atoms with E-state index in [0.29, 0.717) is 0 Å². The number of benzene rings is 1. The van der Waals surface area contributed by atoms with E-state index in [-0.39, 0.29) is 5.05 Å². The molecular formula is C9H10OS. The molecule has 0 saturated carbocycles. The molecule has 1 N–H and O–H groups in total. The van der Waals surface area contributed by atoms with Gasteiger partial charge in [-0.3, -0.25) is 0 Å². The molecule has 1 aromatic carbocycles. The molecule has 0 fully saturated rings. The van der Waals surface area contributed by atoms with E-state index in [9.17, 15) is 0 Å². The van der Waals surface area contributed by atoms with Crippen LogP contribution in [0, 0.1) is 0 Å². The number of thiocarbonyl (C=S) groups is 1. The molecule has 0 aliphatic heterocycles. The molecule has 0 spiro atoms. The highest BCUT2D eigenvalue weighted by molar-refractivity contribution is 7.80. The van der Waals surface area contributed by atoms with Gasteiger partial charge in [-0.15, -0.1) is 0 Å². The molecule has 2 heteroatoms. The van der Waals surface area contributed by atoms with Crippen LogP contribution < -0.4 is 0 Å². The lowest BCUT2D eigenvalue weighted by molar-refractivity contribution is 0.571. The first-order chi connectivity index (χ1) is 5.24. The Bertz CT molecular complexity index is 251. The first-order valence-electron chi connectivity index (χ1n) is 3.56. The summed E-state index contributed by atoms with van der Waals surface area (Å²) in [5.74, 6) is 0. The van der Waals surface area contributed by atoms with E-state index in [2.05, 4.69) is 19.1 Å². The zero-order valence-electron chi connectivity index (χ0n) is 6.37. The third-order valence-electron chi connectivity index (χ3n) is 1.61. The molecule has 1 nitrogen and oxygen atoms in total. The third kappa shape index (κ3) is 2.02. The van der Waals surface area contributed by atoms with Gasteiger partial charge in [-0.2, -0.15) is 0 Å². The van der Waals surface area contributed by atoms with Crippen LogP contribution in [0.4, 0.5) is 0 Å². The number of aliphatic hydroxyl groups excluding tert-OH is 1. The van der Waals surface area contributed by atoms with Crippen molar-refractivity contribution in [1.29, 1.82) is 0 Å². The molecule has 0 radical (unpaired) electrons. The van der Waals surface area contributed by atoms with Crippen molar-refractivity contribution in [2.24, 2.45) is 0 Å². The minimum Gasteiger partial charge on any atom is -0.499 e. The van der Waals surface area contributed by atoms with E-state index < -0.39 is 0 Å². The number of rotatable bonds is 2. The van der Waals surface area contributed by atoms with Crippen molar-refractivity contribution < 1.29 is 5.11 Å². The standard InChI is InChI=1S/C9H10OS/c1-2-7-3-5-8(6-4-7)9(10)11/h3-6H,2H2,1H3,(H,10,11). The fourth-order valence-corrected chi connectivity index (χ4v) is 1.02. The Balaban J connectivity index is 2.91. The number of aliphatic hydroxyl groups is 1. The van der Waals surface area contributed by atoms with Crippen LogP contribution in [0.5, 0.6) is 0 Å². The van der Waals surface area contributed by atoms with Crippen LogP contribution in [-0.2, 0) is 6.42 Å². The van der Waals surface area contributed by atoms with Gasteiger partial charge in [-0.25, -0.2) is 0 Å². The Kier molecular flexibility index (Phi) is 2.60. The zero-order chi connectivity index (χ0) is 8.27. The molecule has 58 valence electrons. The highest BCUT2D eigenvalue weighted by atomic mass is 32.1. The molecule has 11 heavy (non-hydrogen) atoms. The van der Waals surface area contributed by atoms with Gasteiger partial charge in [0.15, 0.2) is 5.05 Å². The van der Waals surface area contributed by atoms with E-state index in [1.165, 1.54) is 5.56 Å². The number of aryl methyl sites for hydroxylation is 1. The molecule has 0 aromatic heterocycles. The maximum atomic E-state index is 8.92. The molecule has 0 atom stereocenters. The molecule has 1 rings (SSSR count). The Morgan fingerprint density at radius 2 is 1.91 bits per heavy atom. The van der Waals surface area contributed by atoms with Crippen molar-refractivity contribution in [2.75, 3.05) is 0 Å². The van der Waals surface area contributed by atoms with Gasteiger partial charge in [0.2, 0.25) is 0 Å². The van der Waals surface area contributed by atoms with Crippen molar-refractivity contribution in [3.05, 3.63) is 35.4 Å². The van der Waals surface area contributed by atoms with Crippen molar-refractivity contribution in [3.8, 4) is 0 Å². The van der Waals surface area contributed by atoms with Gasteiger partial charge in [0.05, 0.1) is 0 Å². The monoisotopic (exact) mass is 166 g/mol. The van der Waals surface area contributed by atoms with Gasteiger partial charge >= 0.3 is 0 Å². The maximum absolute atomic E-state index is 8.92. The van der Waals surface area contributed by atoms with E-state index >= 15 is 0 Å². The molecule has 0 amide bonds. The van der Waals surface area contributed by atoms with Crippen LogP contribution in [0.25, 0.3) is 0 Å². The van der Waals surface area contributed by atoms with Crippen LogP contribution in [-0.4, -0.2) is 10.2 Å². The fourth-order valence-electron chi connectivity index (χ4n) is 0.883. The predicted molar refractivity (Wildman–Crippen MR) is 50.1 cm³/mol. The molecular weight excluding hydrogens is 156 g/mol. The summed E-state index contributed by atoms with van der Waals surface area (Å²) in [7, 11) is 0. The lowest BCUT2D eigenvalue weighted by atomic mass is 10.1. The quantitative estimate of drug-likeness (QED) is 0.681. The molecule has 1 aromatic rings. The normalized spacial score (nSPS) is 9.55. The summed E-state index contributed by atoms with van der Waals surface area (Å²) >= 11 is 4.60. The van der Waals surface area contributed by atoms with Gasteiger partial charge in [-0.1, -0.05) is 31.2 Å². The SMILES string of the molecule is CCc1ccc(C(O)=S)cc1. The van der Waals surface area contributed by atoms with Crippen LogP contribution in [0.2, 0.25) is 0 Å². The Morgan fingerprint density at radius 3 is 2.27 bits per heavy atom. The van der Waals surface area contributed by atoms with Gasteiger partial charge in [0.25, 0.3) is 0 Å². The average Bonchev–Trinajstić information content (AvgIpc) is 2.05. The summed E-state index contributed by atoms with van der Waals surface area (Å²) in [4.78, 5) is 0.